The van der Waals surface area contributed by atoms with Crippen molar-refractivity contribution in [3.05, 3.63) is 93.7 Å². The summed E-state index contributed by atoms with van der Waals surface area (Å²) in [5.74, 6) is -1.93. The van der Waals surface area contributed by atoms with Crippen LogP contribution in [0.2, 0.25) is 0 Å². The van der Waals surface area contributed by atoms with Gasteiger partial charge < -0.3 is 14.6 Å². The Balaban J connectivity index is 1.81. The monoisotopic (exact) mass is 550 g/mol. The molecule has 2 aromatic carbocycles. The van der Waals surface area contributed by atoms with E-state index >= 15 is 0 Å². The number of esters is 1. The van der Waals surface area contributed by atoms with E-state index in [2.05, 4.69) is 20.9 Å². The minimum atomic E-state index is -0.982. The third kappa shape index (κ3) is 4.74. The number of Topliss-reactive ketones (excluding diaryl/α,β-unsaturated/α-hetero) is 1. The molecule has 0 spiro atoms. The number of halogens is 1. The van der Waals surface area contributed by atoms with Gasteiger partial charge >= 0.3 is 5.97 Å². The van der Waals surface area contributed by atoms with E-state index in [1.54, 1.807) is 54.7 Å². The van der Waals surface area contributed by atoms with Gasteiger partial charge in [-0.2, -0.15) is 0 Å². The van der Waals surface area contributed by atoms with E-state index in [1.165, 1.54) is 24.1 Å². The number of carbonyl (C=O) groups excluding carboxylic acids is 3. The zero-order chi connectivity index (χ0) is 25.8. The molecule has 0 saturated carbocycles. The summed E-state index contributed by atoms with van der Waals surface area (Å²) in [6.07, 6.45) is 2.25. The van der Waals surface area contributed by atoms with Gasteiger partial charge in [-0.25, -0.2) is 4.79 Å². The number of hydrogen-bond donors (Lipinski definition) is 1. The van der Waals surface area contributed by atoms with Crippen molar-refractivity contribution in [3.8, 4) is 5.75 Å². The minimum absolute atomic E-state index is 0.0952. The Labute approximate surface area is 216 Å². The second kappa shape index (κ2) is 10.7. The molecule has 3 aromatic rings. The predicted molar refractivity (Wildman–Crippen MR) is 137 cm³/mol. The number of methoxy groups -OCH3 is 1. The highest BCUT2D eigenvalue weighted by Crippen LogP contribution is 2.42. The number of hydrogen-bond acceptors (Lipinski definition) is 7. The van der Waals surface area contributed by atoms with Crippen LogP contribution in [0.5, 0.6) is 5.75 Å². The van der Waals surface area contributed by atoms with Crippen molar-refractivity contribution in [2.24, 2.45) is 0 Å². The maximum Gasteiger partial charge on any atom is 0.338 e. The summed E-state index contributed by atoms with van der Waals surface area (Å²) in [6.45, 7) is 2.20. The fourth-order valence-corrected chi connectivity index (χ4v) is 4.46. The van der Waals surface area contributed by atoms with E-state index < -0.39 is 23.7 Å². The lowest BCUT2D eigenvalue weighted by atomic mass is 9.98. The zero-order valence-electron chi connectivity index (χ0n) is 19.6. The maximum absolute atomic E-state index is 13.2. The van der Waals surface area contributed by atoms with Crippen molar-refractivity contribution in [3.63, 3.8) is 0 Å². The van der Waals surface area contributed by atoms with Gasteiger partial charge in [0.1, 0.15) is 17.6 Å². The number of ether oxygens (including phenoxy) is 2. The van der Waals surface area contributed by atoms with Crippen molar-refractivity contribution >= 4 is 45.0 Å². The van der Waals surface area contributed by atoms with Crippen molar-refractivity contribution in [2.45, 2.75) is 19.4 Å². The zero-order valence-corrected chi connectivity index (χ0v) is 21.2. The molecule has 9 heteroatoms. The first-order chi connectivity index (χ1) is 17.4. The number of nitrogens with zero attached hydrogens (tertiary/aromatic N) is 2. The Morgan fingerprint density at radius 2 is 1.81 bits per heavy atom. The quantitative estimate of drug-likeness (QED) is 0.190. The molecule has 1 fully saturated rings. The second-order valence-electron chi connectivity index (χ2n) is 7.96. The molecule has 4 rings (SSSR count). The second-order valence-corrected chi connectivity index (χ2v) is 8.81. The van der Waals surface area contributed by atoms with E-state index in [1.807, 2.05) is 6.92 Å². The first-order valence-electron chi connectivity index (χ1n) is 11.2. The van der Waals surface area contributed by atoms with Gasteiger partial charge in [0, 0.05) is 17.4 Å². The van der Waals surface area contributed by atoms with Gasteiger partial charge in [0.2, 0.25) is 0 Å². The molecule has 1 unspecified atom stereocenters. The number of aromatic nitrogens is 1. The molecular weight excluding hydrogens is 528 g/mol. The van der Waals surface area contributed by atoms with Crippen molar-refractivity contribution in [1.29, 1.82) is 0 Å². The molecule has 1 atom stereocenters. The Bertz CT molecular complexity index is 1340. The van der Waals surface area contributed by atoms with Gasteiger partial charge in [-0.15, -0.1) is 0 Å². The average Bonchev–Trinajstić information content (AvgIpc) is 3.17. The number of pyridine rings is 1. The first-order valence-corrected chi connectivity index (χ1v) is 12.0. The van der Waals surface area contributed by atoms with E-state index in [9.17, 15) is 19.5 Å². The summed E-state index contributed by atoms with van der Waals surface area (Å²) in [4.78, 5) is 44.3. The first kappa shape index (κ1) is 25.1. The van der Waals surface area contributed by atoms with Crippen LogP contribution in [0.1, 0.15) is 41.0 Å². The molecule has 0 bridgehead atoms. The summed E-state index contributed by atoms with van der Waals surface area (Å²) >= 11 is 3.38. The van der Waals surface area contributed by atoms with Crippen LogP contribution in [0, 0.1) is 0 Å². The lowest BCUT2D eigenvalue weighted by Gasteiger charge is -2.24. The molecule has 0 radical (unpaired) electrons. The molecule has 0 aliphatic carbocycles. The number of benzene rings is 2. The van der Waals surface area contributed by atoms with E-state index in [0.29, 0.717) is 45.8 Å². The molecule has 36 heavy (non-hydrogen) atoms. The van der Waals surface area contributed by atoms with Crippen LogP contribution in [0.3, 0.4) is 0 Å². The van der Waals surface area contributed by atoms with Crippen LogP contribution in [0.25, 0.3) is 5.76 Å². The molecule has 1 amide bonds. The van der Waals surface area contributed by atoms with Gasteiger partial charge in [-0.05, 0) is 76.9 Å². The molecule has 8 nitrogen and oxygen atoms in total. The van der Waals surface area contributed by atoms with Gasteiger partial charge in [-0.3, -0.25) is 19.5 Å². The van der Waals surface area contributed by atoms with Crippen LogP contribution in [0.15, 0.2) is 76.9 Å². The number of rotatable bonds is 7. The Morgan fingerprint density at radius 1 is 1.08 bits per heavy atom. The summed E-state index contributed by atoms with van der Waals surface area (Å²) in [6, 6.07) is 15.2. The Morgan fingerprint density at radius 3 is 2.42 bits per heavy atom. The van der Waals surface area contributed by atoms with E-state index in [0.717, 1.165) is 0 Å². The fourth-order valence-electron chi connectivity index (χ4n) is 3.92. The summed E-state index contributed by atoms with van der Waals surface area (Å²) in [5, 5.41) is 11.2. The summed E-state index contributed by atoms with van der Waals surface area (Å²) < 4.78 is 11.0. The third-order valence-corrected chi connectivity index (χ3v) is 6.28. The molecule has 1 aliphatic rings. The highest BCUT2D eigenvalue weighted by Gasteiger charge is 2.47. The molecule has 184 valence electrons. The van der Waals surface area contributed by atoms with Gasteiger partial charge in [-0.1, -0.05) is 13.0 Å². The van der Waals surface area contributed by atoms with Crippen molar-refractivity contribution in [1.82, 2.24) is 4.98 Å². The standard InChI is InChI=1S/C27H23BrN2O6/c1-3-14-36-27(34)16-7-10-18(11-8-16)30-23(20-6-4-5-13-29-20)22(25(32)26(30)33)24(31)17-9-12-21(35-2)19(28)15-17/h4-13,15,23,31H,3,14H2,1-2H3/b24-22-. The minimum Gasteiger partial charge on any atom is -0.507 e. The van der Waals surface area contributed by atoms with Gasteiger partial charge in [0.05, 0.1) is 35.0 Å². The summed E-state index contributed by atoms with van der Waals surface area (Å²) in [7, 11) is 1.51. The summed E-state index contributed by atoms with van der Waals surface area (Å²) in [5.41, 5.74) is 1.33. The number of ketones is 1. The normalized spacial score (nSPS) is 16.8. The van der Waals surface area contributed by atoms with Crippen LogP contribution >= 0.6 is 15.9 Å². The average molecular weight is 551 g/mol. The molecule has 1 N–H and O–H groups in total. The van der Waals surface area contributed by atoms with Crippen LogP contribution in [0.4, 0.5) is 5.69 Å². The van der Waals surface area contributed by atoms with Crippen molar-refractivity contribution in [2.75, 3.05) is 18.6 Å². The fraction of sp³-hybridized carbons (Fsp3) is 0.185. The number of aliphatic hydroxyl groups is 1. The van der Waals surface area contributed by atoms with Crippen LogP contribution in [-0.2, 0) is 14.3 Å². The predicted octanol–water partition coefficient (Wildman–Crippen LogP) is 5.05. The molecule has 1 saturated heterocycles. The number of anilines is 1. The maximum atomic E-state index is 13.2. The lowest BCUT2D eigenvalue weighted by Crippen LogP contribution is -2.29. The number of amides is 1. The van der Waals surface area contributed by atoms with Crippen molar-refractivity contribution < 1.29 is 29.0 Å². The SMILES string of the molecule is CCCOC(=O)c1ccc(N2C(=O)C(=O)/C(=C(\O)c3ccc(OC)c(Br)c3)C2c2ccccn2)cc1. The van der Waals surface area contributed by atoms with Crippen LogP contribution < -0.4 is 9.64 Å². The topological polar surface area (TPSA) is 106 Å². The Kier molecular flexibility index (Phi) is 7.49. The number of aliphatic hydroxyl groups excluding tert-OH is 1. The lowest BCUT2D eigenvalue weighted by molar-refractivity contribution is -0.132. The molecule has 2 heterocycles. The van der Waals surface area contributed by atoms with Crippen LogP contribution in [-0.4, -0.2) is 41.5 Å². The van der Waals surface area contributed by atoms with Gasteiger partial charge in [0.25, 0.3) is 11.7 Å². The van der Waals surface area contributed by atoms with Gasteiger partial charge in [0.15, 0.2) is 0 Å². The highest BCUT2D eigenvalue weighted by molar-refractivity contribution is 9.10. The number of carbonyl (C=O) groups is 3. The molecular formula is C27H23BrN2O6. The third-order valence-electron chi connectivity index (χ3n) is 5.66. The Hall–Kier alpha value is -3.98. The molecule has 1 aromatic heterocycles. The largest absolute Gasteiger partial charge is 0.507 e. The smallest absolute Gasteiger partial charge is 0.338 e. The van der Waals surface area contributed by atoms with E-state index in [4.69, 9.17) is 9.47 Å². The molecule has 1 aliphatic heterocycles. The highest BCUT2D eigenvalue weighted by atomic mass is 79.9. The van der Waals surface area contributed by atoms with E-state index in [-0.39, 0.29) is 11.3 Å².